The molecule has 0 saturated carbocycles. The van der Waals surface area contributed by atoms with E-state index < -0.39 is 10.0 Å². The number of nitrogens with zero attached hydrogens (tertiary/aromatic N) is 1. The number of hydrogen-bond donors (Lipinski definition) is 2. The van der Waals surface area contributed by atoms with Crippen LogP contribution in [0.4, 0.5) is 0 Å². The molecular formula is C14H22ClN3O2S. The maximum atomic E-state index is 12.3. The summed E-state index contributed by atoms with van der Waals surface area (Å²) >= 11 is 5.98. The molecule has 1 saturated heterocycles. The van der Waals surface area contributed by atoms with Gasteiger partial charge < -0.3 is 10.2 Å². The van der Waals surface area contributed by atoms with Crippen LogP contribution in [0, 0.1) is 6.92 Å². The van der Waals surface area contributed by atoms with Crippen molar-refractivity contribution < 1.29 is 8.42 Å². The van der Waals surface area contributed by atoms with E-state index in [-0.39, 0.29) is 4.90 Å². The molecule has 21 heavy (non-hydrogen) atoms. The Bertz CT molecular complexity index is 572. The van der Waals surface area contributed by atoms with Crippen molar-refractivity contribution in [3.63, 3.8) is 0 Å². The highest BCUT2D eigenvalue weighted by molar-refractivity contribution is 7.89. The van der Waals surface area contributed by atoms with Crippen LogP contribution < -0.4 is 10.0 Å². The molecule has 118 valence electrons. The first-order valence-electron chi connectivity index (χ1n) is 7.18. The Hall–Kier alpha value is -0.660. The quantitative estimate of drug-likeness (QED) is 0.770. The SMILES string of the molecule is Cc1c(Cl)cccc1S(=O)(=O)NCCCN1CCNCC1. The van der Waals surface area contributed by atoms with Crippen molar-refractivity contribution in [2.45, 2.75) is 18.2 Å². The lowest BCUT2D eigenvalue weighted by Crippen LogP contribution is -2.44. The fourth-order valence-electron chi connectivity index (χ4n) is 2.40. The van der Waals surface area contributed by atoms with Gasteiger partial charge in [0.2, 0.25) is 10.0 Å². The zero-order valence-corrected chi connectivity index (χ0v) is 13.8. The van der Waals surface area contributed by atoms with Crippen LogP contribution in [0.15, 0.2) is 23.1 Å². The van der Waals surface area contributed by atoms with Gasteiger partial charge in [-0.15, -0.1) is 0 Å². The number of hydrogen-bond acceptors (Lipinski definition) is 4. The van der Waals surface area contributed by atoms with E-state index in [4.69, 9.17) is 11.6 Å². The van der Waals surface area contributed by atoms with Crippen LogP contribution in [0.5, 0.6) is 0 Å². The van der Waals surface area contributed by atoms with Gasteiger partial charge in [-0.3, -0.25) is 0 Å². The lowest BCUT2D eigenvalue weighted by Gasteiger charge is -2.27. The zero-order chi connectivity index (χ0) is 15.3. The van der Waals surface area contributed by atoms with E-state index >= 15 is 0 Å². The maximum Gasteiger partial charge on any atom is 0.240 e. The van der Waals surface area contributed by atoms with Crippen molar-refractivity contribution in [3.05, 3.63) is 28.8 Å². The molecule has 5 nitrogen and oxygen atoms in total. The summed E-state index contributed by atoms with van der Waals surface area (Å²) in [5.74, 6) is 0. The maximum absolute atomic E-state index is 12.3. The third-order valence-corrected chi connectivity index (χ3v) is 5.68. The molecule has 1 fully saturated rings. The molecular weight excluding hydrogens is 310 g/mol. The van der Waals surface area contributed by atoms with E-state index in [9.17, 15) is 8.42 Å². The summed E-state index contributed by atoms with van der Waals surface area (Å²) in [4.78, 5) is 2.60. The predicted molar refractivity (Wildman–Crippen MR) is 85.3 cm³/mol. The number of rotatable bonds is 6. The molecule has 0 bridgehead atoms. The normalized spacial score (nSPS) is 17.0. The van der Waals surface area contributed by atoms with Crippen LogP contribution in [0.3, 0.4) is 0 Å². The standard InChI is InChI=1S/C14H22ClN3O2S/c1-12-13(15)4-2-5-14(12)21(19,20)17-6-3-9-18-10-7-16-8-11-18/h2,4-5,16-17H,3,6-11H2,1H3. The molecule has 1 aromatic carbocycles. The summed E-state index contributed by atoms with van der Waals surface area (Å²) in [5, 5.41) is 3.77. The third-order valence-electron chi connectivity index (χ3n) is 3.66. The van der Waals surface area contributed by atoms with Crippen LogP contribution in [0.2, 0.25) is 5.02 Å². The zero-order valence-electron chi connectivity index (χ0n) is 12.2. The fraction of sp³-hybridized carbons (Fsp3) is 0.571. The molecule has 2 rings (SSSR count). The highest BCUT2D eigenvalue weighted by Gasteiger charge is 2.17. The summed E-state index contributed by atoms with van der Waals surface area (Å²) in [5.41, 5.74) is 0.591. The largest absolute Gasteiger partial charge is 0.314 e. The highest BCUT2D eigenvalue weighted by Crippen LogP contribution is 2.22. The van der Waals surface area contributed by atoms with Gasteiger partial charge in [0.25, 0.3) is 0 Å². The lowest BCUT2D eigenvalue weighted by molar-refractivity contribution is 0.239. The van der Waals surface area contributed by atoms with E-state index in [1.807, 2.05) is 0 Å². The van der Waals surface area contributed by atoms with Crippen molar-refractivity contribution >= 4 is 21.6 Å². The molecule has 0 atom stereocenters. The van der Waals surface area contributed by atoms with Gasteiger partial charge in [-0.2, -0.15) is 0 Å². The van der Waals surface area contributed by atoms with Crippen molar-refractivity contribution in [1.82, 2.24) is 14.9 Å². The van der Waals surface area contributed by atoms with Crippen molar-refractivity contribution in [3.8, 4) is 0 Å². The van der Waals surface area contributed by atoms with Crippen LogP contribution in [-0.2, 0) is 10.0 Å². The van der Waals surface area contributed by atoms with Crippen LogP contribution in [0.1, 0.15) is 12.0 Å². The van der Waals surface area contributed by atoms with Gasteiger partial charge >= 0.3 is 0 Å². The van der Waals surface area contributed by atoms with Gasteiger partial charge in [0.15, 0.2) is 0 Å². The van der Waals surface area contributed by atoms with Crippen molar-refractivity contribution in [2.24, 2.45) is 0 Å². The van der Waals surface area contributed by atoms with Gasteiger partial charge in [-0.1, -0.05) is 17.7 Å². The van der Waals surface area contributed by atoms with E-state index in [1.165, 1.54) is 0 Å². The monoisotopic (exact) mass is 331 g/mol. The number of nitrogens with one attached hydrogen (secondary N) is 2. The van der Waals surface area contributed by atoms with Crippen LogP contribution in [-0.4, -0.2) is 52.6 Å². The number of piperazine rings is 1. The smallest absolute Gasteiger partial charge is 0.240 e. The molecule has 0 aliphatic carbocycles. The van der Waals surface area contributed by atoms with Crippen molar-refractivity contribution in [1.29, 1.82) is 0 Å². The summed E-state index contributed by atoms with van der Waals surface area (Å²) < 4.78 is 27.2. The molecule has 7 heteroatoms. The van der Waals surface area contributed by atoms with Crippen LogP contribution >= 0.6 is 11.6 Å². The molecule has 0 spiro atoms. The minimum absolute atomic E-state index is 0.261. The second-order valence-corrected chi connectivity index (χ2v) is 7.35. The molecule has 1 aromatic rings. The first-order valence-corrected chi connectivity index (χ1v) is 9.05. The number of halogens is 1. The Morgan fingerprint density at radius 1 is 1.33 bits per heavy atom. The van der Waals surface area contributed by atoms with Gasteiger partial charge in [0.05, 0.1) is 4.90 Å². The molecule has 0 aromatic heterocycles. The third kappa shape index (κ3) is 4.66. The fourth-order valence-corrected chi connectivity index (χ4v) is 3.97. The summed E-state index contributed by atoms with van der Waals surface area (Å²) in [6.45, 7) is 7.15. The Morgan fingerprint density at radius 3 is 2.76 bits per heavy atom. The Labute approximate surface area is 131 Å². The summed E-state index contributed by atoms with van der Waals surface area (Å²) in [6, 6.07) is 4.94. The van der Waals surface area contributed by atoms with Gasteiger partial charge in [-0.25, -0.2) is 13.1 Å². The first kappa shape index (κ1) is 16.7. The Morgan fingerprint density at radius 2 is 2.05 bits per heavy atom. The molecule has 0 unspecified atom stereocenters. The Balaban J connectivity index is 1.85. The summed E-state index contributed by atoms with van der Waals surface area (Å²) in [7, 11) is -3.48. The minimum Gasteiger partial charge on any atom is -0.314 e. The minimum atomic E-state index is -3.48. The van der Waals surface area contributed by atoms with Crippen LogP contribution in [0.25, 0.3) is 0 Å². The van der Waals surface area contributed by atoms with E-state index in [0.29, 0.717) is 17.1 Å². The molecule has 1 aliphatic heterocycles. The summed E-state index contributed by atoms with van der Waals surface area (Å²) in [6.07, 6.45) is 0.804. The Kier molecular flexibility index (Phi) is 6.01. The molecule has 0 amide bonds. The first-order chi connectivity index (χ1) is 10.0. The second-order valence-electron chi connectivity index (χ2n) is 5.21. The van der Waals surface area contributed by atoms with Crippen molar-refractivity contribution in [2.75, 3.05) is 39.3 Å². The average Bonchev–Trinajstić information content (AvgIpc) is 2.47. The lowest BCUT2D eigenvalue weighted by atomic mass is 10.2. The second kappa shape index (κ2) is 7.56. The number of sulfonamides is 1. The van der Waals surface area contributed by atoms with Gasteiger partial charge in [0, 0.05) is 37.7 Å². The molecule has 2 N–H and O–H groups in total. The molecule has 1 heterocycles. The number of benzene rings is 1. The molecule has 0 radical (unpaired) electrons. The topological polar surface area (TPSA) is 61.4 Å². The van der Waals surface area contributed by atoms with Gasteiger partial charge in [-0.05, 0) is 37.6 Å². The predicted octanol–water partition coefficient (Wildman–Crippen LogP) is 1.22. The van der Waals surface area contributed by atoms with Gasteiger partial charge in [0.1, 0.15) is 0 Å². The van der Waals surface area contributed by atoms with E-state index in [1.54, 1.807) is 25.1 Å². The van der Waals surface area contributed by atoms with E-state index in [2.05, 4.69) is 14.9 Å². The highest BCUT2D eigenvalue weighted by atomic mass is 35.5. The average molecular weight is 332 g/mol. The molecule has 1 aliphatic rings. The van der Waals surface area contributed by atoms with E-state index in [0.717, 1.165) is 39.1 Å².